The van der Waals surface area contributed by atoms with Gasteiger partial charge in [-0.15, -0.1) is 0 Å². The van der Waals surface area contributed by atoms with E-state index in [4.69, 9.17) is 10.6 Å². The molecule has 21 heavy (non-hydrogen) atoms. The van der Waals surface area contributed by atoms with Crippen molar-refractivity contribution >= 4 is 0 Å². The molecule has 3 rings (SSSR count). The van der Waals surface area contributed by atoms with Gasteiger partial charge in [-0.3, -0.25) is 16.2 Å². The Bertz CT molecular complexity index is 305. The quantitative estimate of drug-likeness (QED) is 0.560. The average molecular weight is 295 g/mol. The first-order valence-electron chi connectivity index (χ1n) is 9.18. The van der Waals surface area contributed by atoms with E-state index >= 15 is 0 Å². The molecule has 0 amide bonds. The number of nitrogens with zero attached hydrogens (tertiary/aromatic N) is 1. The molecule has 3 aliphatic rings. The lowest BCUT2D eigenvalue weighted by Crippen LogP contribution is -2.60. The lowest BCUT2D eigenvalue weighted by molar-refractivity contribution is 0.0657. The Morgan fingerprint density at radius 2 is 1.90 bits per heavy atom. The summed E-state index contributed by atoms with van der Waals surface area (Å²) in [6.45, 7) is 3.54. The SMILES string of the molecule is NNC(CCCC1CCCO1)C1(N2CCCC2)CCCC1. The maximum atomic E-state index is 5.99. The van der Waals surface area contributed by atoms with E-state index < -0.39 is 0 Å². The Morgan fingerprint density at radius 3 is 2.52 bits per heavy atom. The molecule has 122 valence electrons. The summed E-state index contributed by atoms with van der Waals surface area (Å²) in [6, 6.07) is 0.458. The fourth-order valence-electron chi connectivity index (χ4n) is 4.96. The maximum Gasteiger partial charge on any atom is 0.0576 e. The number of nitrogens with two attached hydrogens (primary N) is 1. The molecule has 0 aromatic heterocycles. The van der Waals surface area contributed by atoms with Crippen molar-refractivity contribution in [3.63, 3.8) is 0 Å². The largest absolute Gasteiger partial charge is 0.378 e. The highest BCUT2D eigenvalue weighted by molar-refractivity contribution is 5.04. The number of rotatable bonds is 7. The van der Waals surface area contributed by atoms with Crippen molar-refractivity contribution in [1.29, 1.82) is 0 Å². The van der Waals surface area contributed by atoms with E-state index in [1.165, 1.54) is 83.7 Å². The third-order valence-corrected chi connectivity index (χ3v) is 6.10. The number of ether oxygens (including phenoxy) is 1. The van der Waals surface area contributed by atoms with Crippen molar-refractivity contribution in [1.82, 2.24) is 10.3 Å². The van der Waals surface area contributed by atoms with Gasteiger partial charge in [0.1, 0.15) is 0 Å². The summed E-state index contributed by atoms with van der Waals surface area (Å²) >= 11 is 0. The summed E-state index contributed by atoms with van der Waals surface area (Å²) < 4.78 is 5.76. The van der Waals surface area contributed by atoms with Crippen LogP contribution < -0.4 is 11.3 Å². The summed E-state index contributed by atoms with van der Waals surface area (Å²) in [7, 11) is 0. The van der Waals surface area contributed by atoms with Crippen molar-refractivity contribution in [3.05, 3.63) is 0 Å². The van der Waals surface area contributed by atoms with Gasteiger partial charge in [0.25, 0.3) is 0 Å². The van der Waals surface area contributed by atoms with Crippen molar-refractivity contribution < 1.29 is 4.74 Å². The van der Waals surface area contributed by atoms with Crippen LogP contribution in [0.25, 0.3) is 0 Å². The van der Waals surface area contributed by atoms with Crippen molar-refractivity contribution in [2.75, 3.05) is 19.7 Å². The van der Waals surface area contributed by atoms with Gasteiger partial charge in [0.15, 0.2) is 0 Å². The summed E-state index contributed by atoms with van der Waals surface area (Å²) in [5.41, 5.74) is 3.55. The zero-order chi connectivity index (χ0) is 14.5. The van der Waals surface area contributed by atoms with Crippen LogP contribution in [0, 0.1) is 0 Å². The van der Waals surface area contributed by atoms with Gasteiger partial charge in [0.05, 0.1) is 6.10 Å². The minimum absolute atomic E-state index is 0.349. The molecule has 1 aliphatic carbocycles. The number of likely N-dealkylation sites (tertiary alicyclic amines) is 1. The second kappa shape index (κ2) is 7.40. The monoisotopic (exact) mass is 295 g/mol. The van der Waals surface area contributed by atoms with E-state index in [0.29, 0.717) is 17.7 Å². The molecule has 0 aromatic carbocycles. The molecule has 2 heterocycles. The fraction of sp³-hybridized carbons (Fsp3) is 1.00. The summed E-state index contributed by atoms with van der Waals surface area (Å²) in [4.78, 5) is 2.76. The molecular formula is C17H33N3O. The van der Waals surface area contributed by atoms with E-state index in [-0.39, 0.29) is 0 Å². The summed E-state index contributed by atoms with van der Waals surface area (Å²) in [5.74, 6) is 5.99. The summed E-state index contributed by atoms with van der Waals surface area (Å²) in [5, 5.41) is 0. The van der Waals surface area contributed by atoms with Crippen LogP contribution in [0.2, 0.25) is 0 Å². The maximum absolute atomic E-state index is 5.99. The molecule has 0 spiro atoms. The molecular weight excluding hydrogens is 262 g/mol. The Hall–Kier alpha value is -0.160. The highest BCUT2D eigenvalue weighted by Crippen LogP contribution is 2.41. The van der Waals surface area contributed by atoms with Crippen LogP contribution in [0.1, 0.15) is 70.6 Å². The molecule has 4 heteroatoms. The van der Waals surface area contributed by atoms with Crippen molar-refractivity contribution in [2.45, 2.75) is 88.3 Å². The lowest BCUT2D eigenvalue weighted by atomic mass is 9.83. The van der Waals surface area contributed by atoms with Crippen LogP contribution in [0.5, 0.6) is 0 Å². The molecule has 0 radical (unpaired) electrons. The molecule has 2 atom stereocenters. The van der Waals surface area contributed by atoms with E-state index in [0.717, 1.165) is 6.61 Å². The van der Waals surface area contributed by atoms with Crippen LogP contribution in [0.4, 0.5) is 0 Å². The first-order chi connectivity index (χ1) is 10.3. The second-order valence-corrected chi connectivity index (χ2v) is 7.29. The lowest BCUT2D eigenvalue weighted by Gasteiger charge is -2.45. The molecule has 1 saturated carbocycles. The van der Waals surface area contributed by atoms with Gasteiger partial charge < -0.3 is 4.74 Å². The Morgan fingerprint density at radius 1 is 1.14 bits per heavy atom. The molecule has 4 nitrogen and oxygen atoms in total. The van der Waals surface area contributed by atoms with E-state index in [1.807, 2.05) is 0 Å². The smallest absolute Gasteiger partial charge is 0.0576 e. The molecule has 3 fully saturated rings. The zero-order valence-electron chi connectivity index (χ0n) is 13.5. The predicted octanol–water partition coefficient (Wildman–Crippen LogP) is 2.58. The van der Waals surface area contributed by atoms with Gasteiger partial charge in [-0.05, 0) is 70.9 Å². The topological polar surface area (TPSA) is 50.5 Å². The van der Waals surface area contributed by atoms with E-state index in [9.17, 15) is 0 Å². The van der Waals surface area contributed by atoms with Crippen LogP contribution in [-0.4, -0.2) is 42.3 Å². The van der Waals surface area contributed by atoms with Gasteiger partial charge in [-0.1, -0.05) is 12.8 Å². The molecule has 0 bridgehead atoms. The third-order valence-electron chi connectivity index (χ3n) is 6.10. The van der Waals surface area contributed by atoms with Crippen LogP contribution in [0.3, 0.4) is 0 Å². The zero-order valence-corrected chi connectivity index (χ0v) is 13.5. The number of hydrogen-bond donors (Lipinski definition) is 2. The number of hydrogen-bond acceptors (Lipinski definition) is 4. The van der Waals surface area contributed by atoms with Gasteiger partial charge in [0, 0.05) is 18.2 Å². The minimum atomic E-state index is 0.349. The average Bonchev–Trinajstić information content (AvgIpc) is 3.25. The second-order valence-electron chi connectivity index (χ2n) is 7.29. The normalized spacial score (nSPS) is 31.0. The molecule has 2 saturated heterocycles. The molecule has 2 aliphatic heterocycles. The van der Waals surface area contributed by atoms with Crippen LogP contribution in [0.15, 0.2) is 0 Å². The minimum Gasteiger partial charge on any atom is -0.378 e. The molecule has 2 unspecified atom stereocenters. The first-order valence-corrected chi connectivity index (χ1v) is 9.18. The molecule has 3 N–H and O–H groups in total. The van der Waals surface area contributed by atoms with Crippen LogP contribution in [-0.2, 0) is 4.74 Å². The van der Waals surface area contributed by atoms with Gasteiger partial charge in [0.2, 0.25) is 0 Å². The highest BCUT2D eigenvalue weighted by atomic mass is 16.5. The van der Waals surface area contributed by atoms with Crippen LogP contribution >= 0.6 is 0 Å². The number of nitrogens with one attached hydrogen (secondary N) is 1. The fourth-order valence-corrected chi connectivity index (χ4v) is 4.96. The Kier molecular flexibility index (Phi) is 5.54. The first kappa shape index (κ1) is 15.7. The summed E-state index contributed by atoms with van der Waals surface area (Å²) in [6.07, 6.45) is 14.9. The van der Waals surface area contributed by atoms with Crippen molar-refractivity contribution in [2.24, 2.45) is 5.84 Å². The van der Waals surface area contributed by atoms with Gasteiger partial charge in [-0.25, -0.2) is 0 Å². The third kappa shape index (κ3) is 3.44. The highest BCUT2D eigenvalue weighted by Gasteiger charge is 2.45. The number of hydrazine groups is 1. The predicted molar refractivity (Wildman–Crippen MR) is 85.9 cm³/mol. The Labute approximate surface area is 129 Å². The Balaban J connectivity index is 1.56. The van der Waals surface area contributed by atoms with Gasteiger partial charge >= 0.3 is 0 Å². The van der Waals surface area contributed by atoms with Crippen molar-refractivity contribution in [3.8, 4) is 0 Å². The standard InChI is InChI=1S/C17H33N3O/c18-19-16(9-5-7-15-8-6-14-21-15)17(10-1-2-11-17)20-12-3-4-13-20/h15-16,19H,1-14,18H2. The molecule has 0 aromatic rings. The van der Waals surface area contributed by atoms with Gasteiger partial charge in [-0.2, -0.15) is 0 Å². The van der Waals surface area contributed by atoms with E-state index in [2.05, 4.69) is 10.3 Å². The van der Waals surface area contributed by atoms with E-state index in [1.54, 1.807) is 0 Å².